The van der Waals surface area contributed by atoms with Gasteiger partial charge in [0.1, 0.15) is 11.5 Å². The predicted octanol–water partition coefficient (Wildman–Crippen LogP) is 5.90. The minimum absolute atomic E-state index is 0.0904. The Kier molecular flexibility index (Phi) is 9.37. The number of carbonyl (C=O) groups is 2. The van der Waals surface area contributed by atoms with Gasteiger partial charge in [0.25, 0.3) is 0 Å². The molecule has 38 heavy (non-hydrogen) atoms. The molecule has 0 saturated heterocycles. The third-order valence-electron chi connectivity index (χ3n) is 5.23. The second-order valence-electron chi connectivity index (χ2n) is 8.18. The number of carbonyl (C=O) groups excluding carboxylic acids is 2. The fraction of sp³-hybridized carbons (Fsp3) is 0.214. The summed E-state index contributed by atoms with van der Waals surface area (Å²) in [5.41, 5.74) is 14.2. The largest absolute Gasteiger partial charge is 0.494 e. The Morgan fingerprint density at radius 2 is 1.58 bits per heavy atom. The van der Waals surface area contributed by atoms with Crippen molar-refractivity contribution in [2.24, 2.45) is 0 Å². The van der Waals surface area contributed by atoms with Gasteiger partial charge >= 0.3 is 18.1 Å². The number of nitrogen functional groups attached to an aromatic ring is 2. The van der Waals surface area contributed by atoms with Gasteiger partial charge in [-0.15, -0.1) is 0 Å². The van der Waals surface area contributed by atoms with E-state index in [1.165, 1.54) is 24.3 Å². The van der Waals surface area contributed by atoms with Crippen LogP contribution < -0.4 is 20.9 Å². The van der Waals surface area contributed by atoms with Gasteiger partial charge in [-0.05, 0) is 79.6 Å². The normalized spacial score (nSPS) is 11.6. The van der Waals surface area contributed by atoms with Crippen molar-refractivity contribution in [1.29, 1.82) is 0 Å². The van der Waals surface area contributed by atoms with E-state index in [4.69, 9.17) is 25.7 Å². The molecule has 0 bridgehead atoms. The molecule has 3 aromatic rings. The zero-order chi connectivity index (χ0) is 27.7. The van der Waals surface area contributed by atoms with Crippen LogP contribution in [-0.2, 0) is 9.53 Å². The van der Waals surface area contributed by atoms with Gasteiger partial charge in [0, 0.05) is 23.4 Å². The van der Waals surface area contributed by atoms with Gasteiger partial charge in [-0.2, -0.15) is 13.2 Å². The first-order chi connectivity index (χ1) is 18.1. The average molecular weight is 529 g/mol. The Bertz CT molecular complexity index is 1290. The lowest BCUT2D eigenvalue weighted by molar-refractivity contribution is -0.137. The third-order valence-corrected chi connectivity index (χ3v) is 5.23. The van der Waals surface area contributed by atoms with Crippen LogP contribution in [0, 0.1) is 0 Å². The minimum Gasteiger partial charge on any atom is -0.494 e. The Labute approximate surface area is 217 Å². The summed E-state index contributed by atoms with van der Waals surface area (Å²) in [6.07, 6.45) is -3.70. The molecule has 200 valence electrons. The lowest BCUT2D eigenvalue weighted by Crippen LogP contribution is -2.10. The van der Waals surface area contributed by atoms with Crippen LogP contribution in [0.5, 0.6) is 11.5 Å². The van der Waals surface area contributed by atoms with Gasteiger partial charge in [-0.25, -0.2) is 9.59 Å². The fourth-order valence-electron chi connectivity index (χ4n) is 3.40. The number of hydrogen-bond acceptors (Lipinski definition) is 7. The van der Waals surface area contributed by atoms with E-state index in [1.54, 1.807) is 55.5 Å². The molecule has 3 aromatic carbocycles. The molecule has 0 aliphatic carbocycles. The summed E-state index contributed by atoms with van der Waals surface area (Å²) < 4.78 is 52.4. The summed E-state index contributed by atoms with van der Waals surface area (Å²) in [6, 6.07) is 17.2. The molecule has 0 aromatic heterocycles. The molecule has 0 saturated carbocycles. The van der Waals surface area contributed by atoms with Crippen LogP contribution >= 0.6 is 0 Å². The third kappa shape index (κ3) is 8.29. The van der Waals surface area contributed by atoms with Crippen LogP contribution in [-0.4, -0.2) is 31.3 Å². The number of hydrogen-bond donors (Lipinski definition) is 2. The number of nitrogens with two attached hydrogens (primary N) is 2. The van der Waals surface area contributed by atoms with E-state index < -0.39 is 24.5 Å². The minimum atomic E-state index is -4.22. The zero-order valence-electron chi connectivity index (χ0n) is 20.6. The number of ether oxygens (including phenoxy) is 3. The second-order valence-corrected chi connectivity index (χ2v) is 8.18. The topological polar surface area (TPSA) is 114 Å². The number of alkyl halides is 3. The average Bonchev–Trinajstić information content (AvgIpc) is 2.86. The predicted molar refractivity (Wildman–Crippen MR) is 138 cm³/mol. The lowest BCUT2D eigenvalue weighted by Gasteiger charge is -2.11. The highest BCUT2D eigenvalue weighted by Gasteiger charge is 2.26. The summed E-state index contributed by atoms with van der Waals surface area (Å²) in [4.78, 5) is 25.1. The Morgan fingerprint density at radius 3 is 2.18 bits per heavy atom. The van der Waals surface area contributed by atoms with Crippen molar-refractivity contribution in [3.05, 3.63) is 83.4 Å². The molecule has 0 amide bonds. The molecular weight excluding hydrogens is 501 g/mol. The first kappa shape index (κ1) is 28.1. The molecule has 3 rings (SSSR count). The monoisotopic (exact) mass is 528 g/mol. The van der Waals surface area contributed by atoms with E-state index in [1.807, 2.05) is 0 Å². The number of rotatable bonds is 10. The maximum absolute atomic E-state index is 12.6. The molecule has 0 atom stereocenters. The van der Waals surface area contributed by atoms with Gasteiger partial charge in [-0.1, -0.05) is 12.1 Å². The SMILES string of the molecule is CCOC(=O)C(=Cc1ccc(OC(=O)c2ccc(OCCCC(F)(F)F)cc2)cc1)c1ccc(N)cc1N. The van der Waals surface area contributed by atoms with Gasteiger partial charge in [0.2, 0.25) is 0 Å². The van der Waals surface area contributed by atoms with Crippen molar-refractivity contribution in [2.75, 3.05) is 24.7 Å². The van der Waals surface area contributed by atoms with Crippen LogP contribution in [0.4, 0.5) is 24.5 Å². The lowest BCUT2D eigenvalue weighted by atomic mass is 10.0. The summed E-state index contributed by atoms with van der Waals surface area (Å²) in [5, 5.41) is 0. The van der Waals surface area contributed by atoms with E-state index >= 15 is 0 Å². The van der Waals surface area contributed by atoms with E-state index in [9.17, 15) is 22.8 Å². The van der Waals surface area contributed by atoms with Crippen LogP contribution in [0.2, 0.25) is 0 Å². The zero-order valence-corrected chi connectivity index (χ0v) is 20.6. The van der Waals surface area contributed by atoms with E-state index in [0.717, 1.165) is 0 Å². The molecule has 0 heterocycles. The maximum Gasteiger partial charge on any atom is 0.389 e. The molecule has 10 heteroatoms. The maximum atomic E-state index is 12.6. The molecule has 0 spiro atoms. The number of halogens is 3. The number of anilines is 2. The Morgan fingerprint density at radius 1 is 0.921 bits per heavy atom. The van der Waals surface area contributed by atoms with Crippen LogP contribution in [0.1, 0.15) is 41.3 Å². The fourth-order valence-corrected chi connectivity index (χ4v) is 3.40. The highest BCUT2D eigenvalue weighted by Crippen LogP contribution is 2.28. The van der Waals surface area contributed by atoms with Crippen LogP contribution in [0.3, 0.4) is 0 Å². The van der Waals surface area contributed by atoms with Crippen molar-refractivity contribution >= 4 is 35.0 Å². The van der Waals surface area contributed by atoms with Gasteiger partial charge in [-0.3, -0.25) is 0 Å². The Balaban J connectivity index is 1.66. The standard InChI is InChI=1S/C28H27F3N2O5/c1-2-36-27(35)24(23-13-8-20(32)17-25(23)33)16-18-4-9-22(10-5-18)38-26(34)19-6-11-21(12-7-19)37-15-3-14-28(29,30)31/h4-13,16-17H,2-3,14-15,32-33H2,1H3. The Hall–Kier alpha value is -4.47. The quantitative estimate of drug-likeness (QED) is 0.0842. The molecule has 0 aliphatic heterocycles. The van der Waals surface area contributed by atoms with Crippen molar-refractivity contribution in [3.8, 4) is 11.5 Å². The van der Waals surface area contributed by atoms with Crippen molar-refractivity contribution in [2.45, 2.75) is 25.9 Å². The first-order valence-corrected chi connectivity index (χ1v) is 11.7. The van der Waals surface area contributed by atoms with E-state index in [0.29, 0.717) is 28.3 Å². The van der Waals surface area contributed by atoms with Crippen molar-refractivity contribution in [3.63, 3.8) is 0 Å². The summed E-state index contributed by atoms with van der Waals surface area (Å²) in [6.45, 7) is 1.79. The number of benzene rings is 3. The summed E-state index contributed by atoms with van der Waals surface area (Å²) in [7, 11) is 0. The van der Waals surface area contributed by atoms with Gasteiger partial charge < -0.3 is 25.7 Å². The van der Waals surface area contributed by atoms with E-state index in [2.05, 4.69) is 0 Å². The summed E-state index contributed by atoms with van der Waals surface area (Å²) >= 11 is 0. The molecular formula is C28H27F3N2O5. The summed E-state index contributed by atoms with van der Waals surface area (Å²) in [5.74, 6) is -0.561. The van der Waals surface area contributed by atoms with Crippen LogP contribution in [0.25, 0.3) is 11.6 Å². The second kappa shape index (κ2) is 12.7. The molecule has 0 radical (unpaired) electrons. The van der Waals surface area contributed by atoms with Gasteiger partial charge in [0.05, 0.1) is 24.4 Å². The van der Waals surface area contributed by atoms with E-state index in [-0.39, 0.29) is 36.5 Å². The highest BCUT2D eigenvalue weighted by atomic mass is 19.4. The highest BCUT2D eigenvalue weighted by molar-refractivity contribution is 6.23. The molecule has 0 unspecified atom stereocenters. The van der Waals surface area contributed by atoms with Crippen LogP contribution in [0.15, 0.2) is 66.7 Å². The first-order valence-electron chi connectivity index (χ1n) is 11.7. The molecule has 0 fully saturated rings. The molecule has 7 nitrogen and oxygen atoms in total. The van der Waals surface area contributed by atoms with Crippen molar-refractivity contribution < 1.29 is 37.0 Å². The van der Waals surface area contributed by atoms with Gasteiger partial charge in [0.15, 0.2) is 0 Å². The number of esters is 2. The molecule has 4 N–H and O–H groups in total. The van der Waals surface area contributed by atoms with Crippen molar-refractivity contribution in [1.82, 2.24) is 0 Å². The molecule has 0 aliphatic rings. The smallest absolute Gasteiger partial charge is 0.389 e.